The molecule has 146 valence electrons. The number of hydrogen-bond acceptors (Lipinski definition) is 7. The number of esters is 1. The van der Waals surface area contributed by atoms with Crippen molar-refractivity contribution in [3.63, 3.8) is 0 Å². The highest BCUT2D eigenvalue weighted by atomic mass is 35.5. The van der Waals surface area contributed by atoms with E-state index < -0.39 is 24.1 Å². The van der Waals surface area contributed by atoms with E-state index in [-0.39, 0.29) is 24.2 Å². The van der Waals surface area contributed by atoms with Crippen molar-refractivity contribution in [1.29, 1.82) is 0 Å². The summed E-state index contributed by atoms with van der Waals surface area (Å²) in [5.74, 6) is -0.761. The number of nitrogens with zero attached hydrogens (tertiary/aromatic N) is 3. The van der Waals surface area contributed by atoms with Gasteiger partial charge >= 0.3 is 12.0 Å². The Bertz CT molecular complexity index is 938. The molecule has 2 aliphatic rings. The van der Waals surface area contributed by atoms with Crippen LogP contribution in [0, 0.1) is 0 Å². The number of nitrogens with one attached hydrogen (secondary N) is 1. The van der Waals surface area contributed by atoms with Crippen LogP contribution < -0.4 is 5.32 Å². The first-order valence-corrected chi connectivity index (χ1v) is 9.23. The molecule has 1 aliphatic heterocycles. The van der Waals surface area contributed by atoms with E-state index in [4.69, 9.17) is 20.9 Å². The number of carbonyl (C=O) groups is 3. The highest BCUT2D eigenvalue weighted by Gasteiger charge is 2.52. The average molecular weight is 405 g/mol. The van der Waals surface area contributed by atoms with Crippen molar-refractivity contribution >= 4 is 29.5 Å². The van der Waals surface area contributed by atoms with Crippen LogP contribution in [0.25, 0.3) is 11.4 Å². The predicted molar refractivity (Wildman–Crippen MR) is 96.0 cm³/mol. The SMILES string of the molecule is O=C(CN1C(=O)NC2(CCCC2)C1=O)OCc1nc(-c2ccccc2Cl)no1. The number of benzene rings is 1. The first kappa shape index (κ1) is 18.4. The minimum absolute atomic E-state index is 0.0766. The monoisotopic (exact) mass is 404 g/mol. The molecule has 1 saturated heterocycles. The minimum Gasteiger partial charge on any atom is -0.454 e. The summed E-state index contributed by atoms with van der Waals surface area (Å²) in [4.78, 5) is 41.7. The number of carbonyl (C=O) groups excluding carboxylic acids is 3. The molecule has 3 amide bonds. The van der Waals surface area contributed by atoms with Gasteiger partial charge in [-0.3, -0.25) is 14.5 Å². The van der Waals surface area contributed by atoms with Gasteiger partial charge in [-0.1, -0.05) is 41.7 Å². The summed E-state index contributed by atoms with van der Waals surface area (Å²) in [5.41, 5.74) is -0.264. The second-order valence-electron chi connectivity index (χ2n) is 6.76. The normalized spacial score (nSPS) is 18.0. The van der Waals surface area contributed by atoms with Crippen molar-refractivity contribution in [2.24, 2.45) is 0 Å². The maximum atomic E-state index is 12.5. The van der Waals surface area contributed by atoms with E-state index in [1.807, 2.05) is 0 Å². The number of aromatic nitrogens is 2. The van der Waals surface area contributed by atoms with Crippen LogP contribution in [0.3, 0.4) is 0 Å². The zero-order valence-corrected chi connectivity index (χ0v) is 15.6. The van der Waals surface area contributed by atoms with E-state index in [1.165, 1.54) is 0 Å². The second kappa shape index (κ2) is 7.23. The van der Waals surface area contributed by atoms with Gasteiger partial charge in [-0.15, -0.1) is 0 Å². The lowest BCUT2D eigenvalue weighted by Gasteiger charge is -2.19. The zero-order chi connectivity index (χ0) is 19.7. The van der Waals surface area contributed by atoms with Gasteiger partial charge in [0.2, 0.25) is 5.82 Å². The molecule has 1 aromatic heterocycles. The third-order valence-electron chi connectivity index (χ3n) is 4.93. The molecular formula is C18H17ClN4O5. The summed E-state index contributed by atoms with van der Waals surface area (Å²) in [6.07, 6.45) is 2.93. The summed E-state index contributed by atoms with van der Waals surface area (Å²) in [5, 5.41) is 6.99. The van der Waals surface area contributed by atoms with Crippen molar-refractivity contribution in [1.82, 2.24) is 20.4 Å². The molecule has 0 bridgehead atoms. The van der Waals surface area contributed by atoms with Crippen LogP contribution in [0.1, 0.15) is 31.6 Å². The molecule has 1 aromatic carbocycles. The Balaban J connectivity index is 1.35. The Morgan fingerprint density at radius 3 is 2.79 bits per heavy atom. The fourth-order valence-electron chi connectivity index (χ4n) is 3.52. The van der Waals surface area contributed by atoms with Crippen LogP contribution in [-0.4, -0.2) is 45.0 Å². The fourth-order valence-corrected chi connectivity index (χ4v) is 3.74. The number of urea groups is 1. The van der Waals surface area contributed by atoms with Crippen molar-refractivity contribution in [3.8, 4) is 11.4 Å². The molecule has 0 radical (unpaired) electrons. The maximum absolute atomic E-state index is 12.5. The molecule has 0 atom stereocenters. The lowest BCUT2D eigenvalue weighted by molar-refractivity contribution is -0.149. The van der Waals surface area contributed by atoms with E-state index in [0.717, 1.165) is 17.7 Å². The summed E-state index contributed by atoms with van der Waals surface area (Å²) in [6.45, 7) is -0.733. The van der Waals surface area contributed by atoms with Gasteiger partial charge in [0, 0.05) is 5.56 Å². The van der Waals surface area contributed by atoms with E-state index in [9.17, 15) is 14.4 Å². The minimum atomic E-state index is -0.853. The van der Waals surface area contributed by atoms with E-state index >= 15 is 0 Å². The van der Waals surface area contributed by atoms with Gasteiger partial charge in [0.25, 0.3) is 11.8 Å². The summed E-state index contributed by atoms with van der Waals surface area (Å²) < 4.78 is 10.1. The van der Waals surface area contributed by atoms with Crippen molar-refractivity contribution in [2.75, 3.05) is 6.54 Å². The number of imide groups is 1. The lowest BCUT2D eigenvalue weighted by atomic mass is 9.98. The van der Waals surface area contributed by atoms with Crippen LogP contribution >= 0.6 is 11.6 Å². The van der Waals surface area contributed by atoms with Crippen molar-refractivity contribution in [3.05, 3.63) is 35.2 Å². The fraction of sp³-hybridized carbons (Fsp3) is 0.389. The Hall–Kier alpha value is -2.94. The van der Waals surface area contributed by atoms with Crippen LogP contribution in [0.4, 0.5) is 4.79 Å². The van der Waals surface area contributed by atoms with Gasteiger partial charge in [0.15, 0.2) is 6.61 Å². The molecule has 1 saturated carbocycles. The van der Waals surface area contributed by atoms with Gasteiger partial charge < -0.3 is 14.6 Å². The zero-order valence-electron chi connectivity index (χ0n) is 14.8. The van der Waals surface area contributed by atoms with Crippen LogP contribution in [0.5, 0.6) is 0 Å². The summed E-state index contributed by atoms with van der Waals surface area (Å²) >= 11 is 6.09. The van der Waals surface area contributed by atoms with Crippen molar-refractivity contribution < 1.29 is 23.6 Å². The smallest absolute Gasteiger partial charge is 0.326 e. The number of halogens is 1. The first-order valence-electron chi connectivity index (χ1n) is 8.86. The molecule has 28 heavy (non-hydrogen) atoms. The van der Waals surface area contributed by atoms with Gasteiger partial charge in [0.05, 0.1) is 5.02 Å². The van der Waals surface area contributed by atoms with E-state index in [1.54, 1.807) is 24.3 Å². The standard InChI is InChI=1S/C18H17ClN4O5/c19-12-6-2-1-5-11(12)15-20-13(28-22-15)10-27-14(24)9-23-16(25)18(21-17(23)26)7-3-4-8-18/h1-2,5-6H,3-4,7-10H2,(H,21,26). The number of hydrogen-bond donors (Lipinski definition) is 1. The molecular weight excluding hydrogens is 388 g/mol. The number of rotatable bonds is 5. The Kier molecular flexibility index (Phi) is 4.76. The molecule has 4 rings (SSSR count). The van der Waals surface area contributed by atoms with Gasteiger partial charge in [-0.25, -0.2) is 4.79 Å². The third kappa shape index (κ3) is 3.33. The quantitative estimate of drug-likeness (QED) is 0.600. The largest absolute Gasteiger partial charge is 0.454 e. The lowest BCUT2D eigenvalue weighted by Crippen LogP contribution is -2.44. The summed E-state index contributed by atoms with van der Waals surface area (Å²) in [6, 6.07) is 6.43. The van der Waals surface area contributed by atoms with Crippen LogP contribution in [-0.2, 0) is 20.9 Å². The molecule has 2 heterocycles. The predicted octanol–water partition coefficient (Wildman–Crippen LogP) is 2.30. The Morgan fingerprint density at radius 2 is 2.04 bits per heavy atom. The first-order chi connectivity index (χ1) is 13.5. The molecule has 1 spiro atoms. The highest BCUT2D eigenvalue weighted by molar-refractivity contribution is 6.33. The topological polar surface area (TPSA) is 115 Å². The van der Waals surface area contributed by atoms with Crippen molar-refractivity contribution in [2.45, 2.75) is 37.8 Å². The number of ether oxygens (including phenoxy) is 1. The molecule has 1 N–H and O–H groups in total. The maximum Gasteiger partial charge on any atom is 0.326 e. The Morgan fingerprint density at radius 1 is 1.29 bits per heavy atom. The average Bonchev–Trinajstić information content (AvgIpc) is 3.38. The molecule has 10 heteroatoms. The molecule has 2 aromatic rings. The van der Waals surface area contributed by atoms with E-state index in [2.05, 4.69) is 15.5 Å². The molecule has 1 aliphatic carbocycles. The molecule has 0 unspecified atom stereocenters. The van der Waals surface area contributed by atoms with E-state index in [0.29, 0.717) is 23.4 Å². The van der Waals surface area contributed by atoms with Gasteiger partial charge in [0.1, 0.15) is 12.1 Å². The summed E-state index contributed by atoms with van der Waals surface area (Å²) in [7, 11) is 0. The van der Waals surface area contributed by atoms with Crippen LogP contribution in [0.15, 0.2) is 28.8 Å². The van der Waals surface area contributed by atoms with Crippen LogP contribution in [0.2, 0.25) is 5.02 Å². The number of amides is 3. The van der Waals surface area contributed by atoms with Gasteiger partial charge in [-0.2, -0.15) is 4.98 Å². The second-order valence-corrected chi connectivity index (χ2v) is 7.17. The molecule has 9 nitrogen and oxygen atoms in total. The van der Waals surface area contributed by atoms with Gasteiger partial charge in [-0.05, 0) is 25.0 Å². The Labute approximate surface area is 165 Å². The highest BCUT2D eigenvalue weighted by Crippen LogP contribution is 2.35. The molecule has 2 fully saturated rings. The third-order valence-corrected chi connectivity index (χ3v) is 5.26.